The summed E-state index contributed by atoms with van der Waals surface area (Å²) < 4.78 is 10.5. The third-order valence-electron chi connectivity index (χ3n) is 2.22. The number of carbonyl (C=O) groups excluding carboxylic acids is 1. The number of carbonyl (C=O) groups is 1. The van der Waals surface area contributed by atoms with Gasteiger partial charge < -0.3 is 8.83 Å². The minimum Gasteiger partial charge on any atom is -0.437 e. The molecule has 0 aliphatic carbocycles. The third kappa shape index (κ3) is 1.64. The Hall–Kier alpha value is -1.91. The van der Waals surface area contributed by atoms with Crippen molar-refractivity contribution in [3.8, 4) is 0 Å². The minimum absolute atomic E-state index is 0.219. The first-order chi connectivity index (χ1) is 7.49. The first kappa shape index (κ1) is 10.6. The molecule has 0 fully saturated rings. The SMILES string of the molecule is Cc1nc(C)c(C(=O)c2oc(C)nc2C)o1. The van der Waals surface area contributed by atoms with E-state index in [1.807, 2.05) is 0 Å². The smallest absolute Gasteiger partial charge is 0.267 e. The van der Waals surface area contributed by atoms with Gasteiger partial charge in [0.25, 0.3) is 5.78 Å². The second kappa shape index (κ2) is 3.59. The summed E-state index contributed by atoms with van der Waals surface area (Å²) in [5.74, 6) is 1.06. The summed E-state index contributed by atoms with van der Waals surface area (Å²) in [6.07, 6.45) is 0. The molecular formula is C11H12N2O3. The molecular weight excluding hydrogens is 208 g/mol. The van der Waals surface area contributed by atoms with E-state index >= 15 is 0 Å². The van der Waals surface area contributed by atoms with Gasteiger partial charge in [-0.1, -0.05) is 0 Å². The molecule has 5 nitrogen and oxygen atoms in total. The van der Waals surface area contributed by atoms with Crippen molar-refractivity contribution in [1.82, 2.24) is 9.97 Å². The summed E-state index contributed by atoms with van der Waals surface area (Å²) in [5, 5.41) is 0. The number of hydrogen-bond acceptors (Lipinski definition) is 5. The van der Waals surface area contributed by atoms with Crippen molar-refractivity contribution in [2.45, 2.75) is 27.7 Å². The van der Waals surface area contributed by atoms with Gasteiger partial charge >= 0.3 is 0 Å². The Bertz CT molecular complexity index is 503. The Morgan fingerprint density at radius 1 is 0.875 bits per heavy atom. The molecule has 0 bridgehead atoms. The zero-order valence-electron chi connectivity index (χ0n) is 9.62. The van der Waals surface area contributed by atoms with Gasteiger partial charge in [0, 0.05) is 13.8 Å². The molecule has 84 valence electrons. The van der Waals surface area contributed by atoms with Crippen molar-refractivity contribution in [3.63, 3.8) is 0 Å². The van der Waals surface area contributed by atoms with Gasteiger partial charge in [0.15, 0.2) is 11.8 Å². The maximum atomic E-state index is 12.0. The summed E-state index contributed by atoms with van der Waals surface area (Å²) in [5.41, 5.74) is 1.13. The number of aryl methyl sites for hydroxylation is 4. The van der Waals surface area contributed by atoms with E-state index in [4.69, 9.17) is 8.83 Å². The number of hydrogen-bond donors (Lipinski definition) is 0. The van der Waals surface area contributed by atoms with Gasteiger partial charge in [-0.25, -0.2) is 9.97 Å². The highest BCUT2D eigenvalue weighted by Gasteiger charge is 2.23. The monoisotopic (exact) mass is 220 g/mol. The fraction of sp³-hybridized carbons (Fsp3) is 0.364. The van der Waals surface area contributed by atoms with E-state index in [2.05, 4.69) is 9.97 Å². The van der Waals surface area contributed by atoms with E-state index in [1.165, 1.54) is 0 Å². The van der Waals surface area contributed by atoms with Gasteiger partial charge in [-0.05, 0) is 13.8 Å². The van der Waals surface area contributed by atoms with E-state index < -0.39 is 0 Å². The molecule has 0 radical (unpaired) electrons. The van der Waals surface area contributed by atoms with Gasteiger partial charge in [0.2, 0.25) is 11.5 Å². The lowest BCUT2D eigenvalue weighted by atomic mass is 10.2. The van der Waals surface area contributed by atoms with Gasteiger partial charge in [0.05, 0.1) is 11.4 Å². The normalized spacial score (nSPS) is 10.8. The molecule has 0 aliphatic rings. The van der Waals surface area contributed by atoms with E-state index in [0.717, 1.165) is 0 Å². The number of oxazole rings is 2. The van der Waals surface area contributed by atoms with Crippen LogP contribution in [-0.2, 0) is 0 Å². The second-order valence-electron chi connectivity index (χ2n) is 3.62. The van der Waals surface area contributed by atoms with Crippen molar-refractivity contribution in [2.24, 2.45) is 0 Å². The Labute approximate surface area is 92.5 Å². The topological polar surface area (TPSA) is 69.1 Å². The number of ketones is 1. The number of aromatic nitrogens is 2. The van der Waals surface area contributed by atoms with E-state index in [0.29, 0.717) is 23.2 Å². The maximum absolute atomic E-state index is 12.0. The highest BCUT2D eigenvalue weighted by Crippen LogP contribution is 2.18. The van der Waals surface area contributed by atoms with Gasteiger partial charge in [-0.3, -0.25) is 4.79 Å². The lowest BCUT2D eigenvalue weighted by Gasteiger charge is -1.93. The number of rotatable bonds is 2. The fourth-order valence-electron chi connectivity index (χ4n) is 1.59. The van der Waals surface area contributed by atoms with Crippen molar-refractivity contribution in [2.75, 3.05) is 0 Å². The van der Waals surface area contributed by atoms with Crippen LogP contribution >= 0.6 is 0 Å². The van der Waals surface area contributed by atoms with E-state index in [-0.39, 0.29) is 17.3 Å². The Morgan fingerprint density at radius 3 is 1.50 bits per heavy atom. The summed E-state index contributed by atoms with van der Waals surface area (Å²) in [6.45, 7) is 6.84. The zero-order chi connectivity index (χ0) is 11.9. The second-order valence-corrected chi connectivity index (χ2v) is 3.62. The Morgan fingerprint density at radius 2 is 1.25 bits per heavy atom. The molecule has 0 saturated carbocycles. The van der Waals surface area contributed by atoms with Crippen LogP contribution < -0.4 is 0 Å². The molecule has 16 heavy (non-hydrogen) atoms. The quantitative estimate of drug-likeness (QED) is 0.725. The Kier molecular flexibility index (Phi) is 2.38. The van der Waals surface area contributed by atoms with Crippen molar-refractivity contribution in [3.05, 3.63) is 34.7 Å². The molecule has 0 aliphatic heterocycles. The van der Waals surface area contributed by atoms with Crippen molar-refractivity contribution < 1.29 is 13.6 Å². The molecule has 2 rings (SSSR count). The van der Waals surface area contributed by atoms with Crippen molar-refractivity contribution >= 4 is 5.78 Å². The molecule has 0 N–H and O–H groups in total. The first-order valence-corrected chi connectivity index (χ1v) is 4.92. The highest BCUT2D eigenvalue weighted by atomic mass is 16.4. The van der Waals surface area contributed by atoms with Crippen LogP contribution in [0.5, 0.6) is 0 Å². The predicted octanol–water partition coefficient (Wildman–Crippen LogP) is 2.13. The zero-order valence-corrected chi connectivity index (χ0v) is 9.62. The molecule has 0 unspecified atom stereocenters. The van der Waals surface area contributed by atoms with Gasteiger partial charge in [-0.15, -0.1) is 0 Å². The lowest BCUT2D eigenvalue weighted by Crippen LogP contribution is -2.02. The lowest BCUT2D eigenvalue weighted by molar-refractivity contribution is 0.0979. The van der Waals surface area contributed by atoms with Crippen LogP contribution in [0.4, 0.5) is 0 Å². The standard InChI is InChI=1S/C11H12N2O3/c1-5-10(15-7(3)12-5)9(14)11-6(2)13-8(4)16-11/h1-4H3. The molecule has 0 atom stereocenters. The summed E-state index contributed by atoms with van der Waals surface area (Å²) in [6, 6.07) is 0. The molecule has 5 heteroatoms. The number of nitrogens with zero attached hydrogens (tertiary/aromatic N) is 2. The average Bonchev–Trinajstić information content (AvgIpc) is 2.68. The van der Waals surface area contributed by atoms with Crippen LogP contribution in [0, 0.1) is 27.7 Å². The largest absolute Gasteiger partial charge is 0.437 e. The van der Waals surface area contributed by atoms with Crippen LogP contribution in [0.15, 0.2) is 8.83 Å². The van der Waals surface area contributed by atoms with Crippen molar-refractivity contribution in [1.29, 1.82) is 0 Å². The third-order valence-corrected chi connectivity index (χ3v) is 2.22. The predicted molar refractivity (Wildman–Crippen MR) is 55.4 cm³/mol. The fourth-order valence-corrected chi connectivity index (χ4v) is 1.59. The van der Waals surface area contributed by atoms with E-state index in [9.17, 15) is 4.79 Å². The Balaban J connectivity index is 2.46. The van der Waals surface area contributed by atoms with Gasteiger partial charge in [0.1, 0.15) is 0 Å². The summed E-state index contributed by atoms with van der Waals surface area (Å²) in [7, 11) is 0. The molecule has 2 aromatic heterocycles. The molecule has 2 aromatic rings. The minimum atomic E-state index is -0.309. The van der Waals surface area contributed by atoms with Gasteiger partial charge in [-0.2, -0.15) is 0 Å². The molecule has 0 amide bonds. The van der Waals surface area contributed by atoms with Crippen LogP contribution in [0.3, 0.4) is 0 Å². The molecule has 0 aromatic carbocycles. The van der Waals surface area contributed by atoms with Crippen LogP contribution in [0.25, 0.3) is 0 Å². The average molecular weight is 220 g/mol. The molecule has 0 saturated heterocycles. The van der Waals surface area contributed by atoms with E-state index in [1.54, 1.807) is 27.7 Å². The first-order valence-electron chi connectivity index (χ1n) is 4.92. The summed E-state index contributed by atoms with van der Waals surface area (Å²) in [4.78, 5) is 20.1. The molecule has 0 spiro atoms. The molecule has 2 heterocycles. The summed E-state index contributed by atoms with van der Waals surface area (Å²) >= 11 is 0. The maximum Gasteiger partial charge on any atom is 0.267 e. The van der Waals surface area contributed by atoms with Crippen LogP contribution in [-0.4, -0.2) is 15.8 Å². The van der Waals surface area contributed by atoms with Crippen LogP contribution in [0.2, 0.25) is 0 Å². The highest BCUT2D eigenvalue weighted by molar-refractivity contribution is 6.06. The van der Waals surface area contributed by atoms with Crippen LogP contribution in [0.1, 0.15) is 39.5 Å².